The Balaban J connectivity index is 1.33. The van der Waals surface area contributed by atoms with Gasteiger partial charge in [0.1, 0.15) is 11.3 Å². The Morgan fingerprint density at radius 1 is 0.971 bits per heavy atom. The molecular formula is C25H24N8O. The number of nitrogens with zero attached hydrogens (tertiary/aromatic N) is 6. The van der Waals surface area contributed by atoms with E-state index in [1.165, 1.54) is 0 Å². The van der Waals surface area contributed by atoms with Crippen LogP contribution < -0.4 is 5.32 Å². The third-order valence-corrected chi connectivity index (χ3v) is 6.14. The molecule has 0 saturated carbocycles. The molecule has 9 nitrogen and oxygen atoms in total. The molecule has 9 heteroatoms. The van der Waals surface area contributed by atoms with E-state index in [2.05, 4.69) is 20.3 Å². The minimum Gasteiger partial charge on any atom is -0.361 e. The summed E-state index contributed by atoms with van der Waals surface area (Å²) in [6.45, 7) is 2.58. The quantitative estimate of drug-likeness (QED) is 0.391. The monoisotopic (exact) mass is 452 g/mol. The third-order valence-electron chi connectivity index (χ3n) is 6.14. The van der Waals surface area contributed by atoms with Crippen LogP contribution in [0.2, 0.25) is 0 Å². The molecule has 170 valence electrons. The molecule has 1 aliphatic rings. The van der Waals surface area contributed by atoms with Crippen LogP contribution in [0.15, 0.2) is 60.9 Å². The molecule has 0 atom stereocenters. The SMILES string of the molecule is O=C1CCCN1CCn1cnc2c(NCc3nc4ccccc4[nH]3)nc(-c3ccccc3)nc21. The van der Waals surface area contributed by atoms with E-state index in [1.54, 1.807) is 6.33 Å². The number of aromatic amines is 1. The van der Waals surface area contributed by atoms with Crippen molar-refractivity contribution < 1.29 is 4.79 Å². The summed E-state index contributed by atoms with van der Waals surface area (Å²) in [7, 11) is 0. The molecule has 1 fully saturated rings. The van der Waals surface area contributed by atoms with Gasteiger partial charge in [0, 0.05) is 31.6 Å². The summed E-state index contributed by atoms with van der Waals surface area (Å²) in [6, 6.07) is 17.9. The number of imidazole rings is 2. The zero-order valence-corrected chi connectivity index (χ0v) is 18.6. The van der Waals surface area contributed by atoms with E-state index >= 15 is 0 Å². The number of nitrogens with one attached hydrogen (secondary N) is 2. The van der Waals surface area contributed by atoms with E-state index in [-0.39, 0.29) is 5.91 Å². The van der Waals surface area contributed by atoms with Crippen molar-refractivity contribution in [2.24, 2.45) is 0 Å². The van der Waals surface area contributed by atoms with Crippen molar-refractivity contribution in [3.05, 3.63) is 66.7 Å². The predicted octanol–water partition coefficient (Wildman–Crippen LogP) is 3.60. The van der Waals surface area contributed by atoms with Crippen LogP contribution in [0.3, 0.4) is 0 Å². The second kappa shape index (κ2) is 8.58. The van der Waals surface area contributed by atoms with Crippen molar-refractivity contribution in [1.29, 1.82) is 0 Å². The molecule has 5 aromatic rings. The highest BCUT2D eigenvalue weighted by molar-refractivity contribution is 5.85. The third kappa shape index (κ3) is 3.85. The molecule has 1 saturated heterocycles. The molecule has 6 rings (SSSR count). The smallest absolute Gasteiger partial charge is 0.222 e. The van der Waals surface area contributed by atoms with Gasteiger partial charge in [-0.2, -0.15) is 0 Å². The van der Waals surface area contributed by atoms with Gasteiger partial charge in [-0.15, -0.1) is 0 Å². The van der Waals surface area contributed by atoms with Crippen LogP contribution in [0.4, 0.5) is 5.82 Å². The minimum atomic E-state index is 0.220. The summed E-state index contributed by atoms with van der Waals surface area (Å²) in [6.07, 6.45) is 3.35. The van der Waals surface area contributed by atoms with Crippen molar-refractivity contribution in [2.75, 3.05) is 18.4 Å². The molecule has 34 heavy (non-hydrogen) atoms. The predicted molar refractivity (Wildman–Crippen MR) is 130 cm³/mol. The Hall–Kier alpha value is -4.27. The molecule has 3 aromatic heterocycles. The van der Waals surface area contributed by atoms with E-state index in [1.807, 2.05) is 64.1 Å². The lowest BCUT2D eigenvalue weighted by atomic mass is 10.2. The summed E-state index contributed by atoms with van der Waals surface area (Å²) in [4.78, 5) is 36.2. The van der Waals surface area contributed by atoms with Crippen LogP contribution in [0.1, 0.15) is 18.7 Å². The van der Waals surface area contributed by atoms with E-state index in [0.29, 0.717) is 43.2 Å². The number of hydrogen-bond donors (Lipinski definition) is 2. The zero-order chi connectivity index (χ0) is 22.9. The molecule has 0 bridgehead atoms. The van der Waals surface area contributed by atoms with Crippen LogP contribution in [-0.4, -0.2) is 53.4 Å². The number of fused-ring (bicyclic) bond motifs is 2. The number of carbonyl (C=O) groups excluding carboxylic acids is 1. The van der Waals surface area contributed by atoms with E-state index in [9.17, 15) is 4.79 Å². The van der Waals surface area contributed by atoms with E-state index in [0.717, 1.165) is 41.0 Å². The number of para-hydroxylation sites is 2. The molecule has 0 unspecified atom stereocenters. The van der Waals surface area contributed by atoms with Crippen molar-refractivity contribution in [3.63, 3.8) is 0 Å². The maximum atomic E-state index is 12.0. The Kier molecular flexibility index (Phi) is 5.14. The van der Waals surface area contributed by atoms with Gasteiger partial charge in [-0.1, -0.05) is 42.5 Å². The molecule has 1 amide bonds. The minimum absolute atomic E-state index is 0.220. The van der Waals surface area contributed by atoms with E-state index in [4.69, 9.17) is 9.97 Å². The van der Waals surface area contributed by atoms with Crippen molar-refractivity contribution >= 4 is 33.9 Å². The molecule has 0 spiro atoms. The van der Waals surface area contributed by atoms with Crippen molar-refractivity contribution in [2.45, 2.75) is 25.9 Å². The fourth-order valence-corrected chi connectivity index (χ4v) is 4.37. The summed E-state index contributed by atoms with van der Waals surface area (Å²) in [5, 5.41) is 3.41. The van der Waals surface area contributed by atoms with Crippen LogP contribution in [0, 0.1) is 0 Å². The van der Waals surface area contributed by atoms with Gasteiger partial charge in [0.05, 0.1) is 23.9 Å². The topological polar surface area (TPSA) is 105 Å². The largest absolute Gasteiger partial charge is 0.361 e. The number of carbonyl (C=O) groups is 1. The number of anilines is 1. The normalized spacial score (nSPS) is 13.9. The average Bonchev–Trinajstić information content (AvgIpc) is 3.59. The Bertz CT molecular complexity index is 1440. The van der Waals surface area contributed by atoms with Gasteiger partial charge in [0.15, 0.2) is 17.3 Å². The summed E-state index contributed by atoms with van der Waals surface area (Å²) in [5.74, 6) is 2.32. The van der Waals surface area contributed by atoms with Gasteiger partial charge in [-0.05, 0) is 18.6 Å². The lowest BCUT2D eigenvalue weighted by Crippen LogP contribution is -2.28. The second-order valence-electron chi connectivity index (χ2n) is 8.41. The zero-order valence-electron chi connectivity index (χ0n) is 18.6. The number of benzene rings is 2. The van der Waals surface area contributed by atoms with Gasteiger partial charge in [-0.3, -0.25) is 4.79 Å². The van der Waals surface area contributed by atoms with E-state index < -0.39 is 0 Å². The first-order chi connectivity index (χ1) is 16.7. The highest BCUT2D eigenvalue weighted by atomic mass is 16.2. The van der Waals surface area contributed by atoms with Crippen LogP contribution in [-0.2, 0) is 17.9 Å². The molecule has 2 N–H and O–H groups in total. The summed E-state index contributed by atoms with van der Waals surface area (Å²) in [5.41, 5.74) is 4.30. The fraction of sp³-hybridized carbons (Fsp3) is 0.240. The van der Waals surface area contributed by atoms with Crippen LogP contribution in [0.25, 0.3) is 33.6 Å². The number of aromatic nitrogens is 6. The number of rotatable bonds is 7. The maximum Gasteiger partial charge on any atom is 0.222 e. The van der Waals surface area contributed by atoms with Gasteiger partial charge in [0.2, 0.25) is 5.91 Å². The number of hydrogen-bond acceptors (Lipinski definition) is 6. The second-order valence-corrected chi connectivity index (χ2v) is 8.41. The molecular weight excluding hydrogens is 428 g/mol. The van der Waals surface area contributed by atoms with Gasteiger partial charge in [0.25, 0.3) is 0 Å². The van der Waals surface area contributed by atoms with Gasteiger partial charge < -0.3 is 19.8 Å². The molecule has 0 radical (unpaired) electrons. The van der Waals surface area contributed by atoms with Gasteiger partial charge in [-0.25, -0.2) is 19.9 Å². The van der Waals surface area contributed by atoms with Gasteiger partial charge >= 0.3 is 0 Å². The fourth-order valence-electron chi connectivity index (χ4n) is 4.37. The van der Waals surface area contributed by atoms with Crippen molar-refractivity contribution in [3.8, 4) is 11.4 Å². The Morgan fingerprint density at radius 3 is 2.65 bits per heavy atom. The highest BCUT2D eigenvalue weighted by Crippen LogP contribution is 2.25. The Morgan fingerprint density at radius 2 is 1.82 bits per heavy atom. The standard InChI is InChI=1S/C25H24N8O/c34-21-11-6-12-32(21)13-14-33-16-27-22-24(26-15-20-28-18-9-4-5-10-19(18)29-20)30-23(31-25(22)33)17-7-2-1-3-8-17/h1-5,7-10,16H,6,11-15H2,(H,28,29)(H,26,30,31). The lowest BCUT2D eigenvalue weighted by molar-refractivity contribution is -0.127. The average molecular weight is 453 g/mol. The van der Waals surface area contributed by atoms with Crippen LogP contribution in [0.5, 0.6) is 0 Å². The number of H-pyrrole nitrogens is 1. The number of likely N-dealkylation sites (tertiary alicyclic amines) is 1. The lowest BCUT2D eigenvalue weighted by Gasteiger charge is -2.16. The van der Waals surface area contributed by atoms with Crippen molar-refractivity contribution in [1.82, 2.24) is 34.4 Å². The maximum absolute atomic E-state index is 12.0. The highest BCUT2D eigenvalue weighted by Gasteiger charge is 2.21. The molecule has 2 aromatic carbocycles. The molecule has 4 heterocycles. The Labute approximate surface area is 195 Å². The first kappa shape index (κ1) is 20.3. The number of amides is 1. The van der Waals surface area contributed by atoms with Crippen LogP contribution >= 0.6 is 0 Å². The first-order valence-corrected chi connectivity index (χ1v) is 11.5. The first-order valence-electron chi connectivity index (χ1n) is 11.5. The molecule has 0 aliphatic carbocycles. The summed E-state index contributed by atoms with van der Waals surface area (Å²) >= 11 is 0. The molecule has 1 aliphatic heterocycles. The summed E-state index contributed by atoms with van der Waals surface area (Å²) < 4.78 is 2.00.